The van der Waals surface area contributed by atoms with Crippen LogP contribution in [0, 0.1) is 27.7 Å². The number of aryl methyl sites for hydroxylation is 4. The molecule has 0 saturated heterocycles. The van der Waals surface area contributed by atoms with E-state index in [9.17, 15) is 9.46 Å². The summed E-state index contributed by atoms with van der Waals surface area (Å²) in [6, 6.07) is 11.7. The predicted molar refractivity (Wildman–Crippen MR) is 93.4 cm³/mol. The maximum atomic E-state index is 12.4. The van der Waals surface area contributed by atoms with Crippen LogP contribution in [0.4, 0.5) is 0 Å². The van der Waals surface area contributed by atoms with Crippen LogP contribution < -0.4 is 0 Å². The SMILES string of the molecule is Cc1ccc(SP(=O)(O)Sc2ccc(C)c(C)c2)cc1C. The van der Waals surface area contributed by atoms with Crippen LogP contribution in [0.25, 0.3) is 0 Å². The summed E-state index contributed by atoms with van der Waals surface area (Å²) in [4.78, 5) is 11.9. The molecule has 0 aliphatic heterocycles. The molecule has 0 fully saturated rings. The molecule has 0 unspecified atom stereocenters. The van der Waals surface area contributed by atoms with Gasteiger partial charge in [-0.1, -0.05) is 12.1 Å². The summed E-state index contributed by atoms with van der Waals surface area (Å²) in [7, 11) is 0. The highest BCUT2D eigenvalue weighted by Gasteiger charge is 2.22. The van der Waals surface area contributed by atoms with Gasteiger partial charge in [-0.3, -0.25) is 4.57 Å². The Morgan fingerprint density at radius 3 is 1.48 bits per heavy atom. The fourth-order valence-electron chi connectivity index (χ4n) is 1.83. The lowest BCUT2D eigenvalue weighted by atomic mass is 10.1. The number of hydrogen-bond donors (Lipinski definition) is 1. The molecule has 0 heterocycles. The average Bonchev–Trinajstić information content (AvgIpc) is 2.37. The maximum Gasteiger partial charge on any atom is 0.319 e. The predicted octanol–water partition coefficient (Wildman–Crippen LogP) is 5.91. The normalized spacial score (nSPS) is 11.7. The Labute approximate surface area is 134 Å². The lowest BCUT2D eigenvalue weighted by molar-refractivity contribution is 0.514. The highest BCUT2D eigenvalue weighted by atomic mass is 33.1. The van der Waals surface area contributed by atoms with Gasteiger partial charge in [-0.05, 0) is 97.0 Å². The van der Waals surface area contributed by atoms with E-state index in [1.54, 1.807) is 0 Å². The summed E-state index contributed by atoms with van der Waals surface area (Å²) < 4.78 is 12.4. The zero-order valence-electron chi connectivity index (χ0n) is 12.6. The molecular weight excluding hydrogens is 319 g/mol. The maximum absolute atomic E-state index is 12.4. The number of benzene rings is 2. The highest BCUT2D eigenvalue weighted by Crippen LogP contribution is 2.70. The van der Waals surface area contributed by atoms with Crippen molar-refractivity contribution in [1.29, 1.82) is 0 Å². The molecule has 0 amide bonds. The Morgan fingerprint density at radius 2 is 1.14 bits per heavy atom. The topological polar surface area (TPSA) is 37.3 Å². The molecule has 0 aliphatic rings. The van der Waals surface area contributed by atoms with Crippen LogP contribution in [0.1, 0.15) is 22.3 Å². The Hall–Kier alpha value is -0.670. The fraction of sp³-hybridized carbons (Fsp3) is 0.250. The largest absolute Gasteiger partial charge is 0.329 e. The Morgan fingerprint density at radius 1 is 0.762 bits per heavy atom. The molecule has 2 nitrogen and oxygen atoms in total. The van der Waals surface area contributed by atoms with Crippen LogP contribution in [-0.2, 0) is 4.57 Å². The van der Waals surface area contributed by atoms with Crippen molar-refractivity contribution in [1.82, 2.24) is 0 Å². The zero-order chi connectivity index (χ0) is 15.6. The molecule has 2 aromatic carbocycles. The van der Waals surface area contributed by atoms with E-state index < -0.39 is 5.77 Å². The minimum absolute atomic E-state index is 0.834. The molecular formula is C16H19O2PS2. The van der Waals surface area contributed by atoms with Gasteiger partial charge in [0.1, 0.15) is 0 Å². The van der Waals surface area contributed by atoms with Gasteiger partial charge in [0.05, 0.1) is 0 Å². The van der Waals surface area contributed by atoms with Crippen LogP contribution in [-0.4, -0.2) is 4.89 Å². The van der Waals surface area contributed by atoms with Gasteiger partial charge >= 0.3 is 5.77 Å². The Bertz CT molecular complexity index is 656. The van der Waals surface area contributed by atoms with Gasteiger partial charge in [-0.25, -0.2) is 0 Å². The van der Waals surface area contributed by atoms with Crippen LogP contribution in [0.3, 0.4) is 0 Å². The summed E-state index contributed by atoms with van der Waals surface area (Å²) in [5.74, 6) is -3.37. The van der Waals surface area contributed by atoms with E-state index in [2.05, 4.69) is 0 Å². The van der Waals surface area contributed by atoms with Gasteiger partial charge in [0.2, 0.25) is 0 Å². The van der Waals surface area contributed by atoms with Gasteiger partial charge in [0, 0.05) is 9.79 Å². The lowest BCUT2D eigenvalue weighted by Gasteiger charge is -2.12. The van der Waals surface area contributed by atoms with Gasteiger partial charge in [0.15, 0.2) is 0 Å². The average molecular weight is 338 g/mol. The third kappa shape index (κ3) is 4.65. The molecule has 0 aromatic heterocycles. The number of rotatable bonds is 4. The van der Waals surface area contributed by atoms with E-state index in [1.807, 2.05) is 64.1 Å². The summed E-state index contributed by atoms with van der Waals surface area (Å²) >= 11 is 2.10. The monoisotopic (exact) mass is 338 g/mol. The van der Waals surface area contributed by atoms with E-state index in [1.165, 1.54) is 11.1 Å². The molecule has 2 rings (SSSR count). The van der Waals surface area contributed by atoms with E-state index >= 15 is 0 Å². The molecule has 0 aliphatic carbocycles. The van der Waals surface area contributed by atoms with Crippen molar-refractivity contribution in [3.05, 3.63) is 58.7 Å². The van der Waals surface area contributed by atoms with Crippen LogP contribution in [0.5, 0.6) is 0 Å². The summed E-state index contributed by atoms with van der Waals surface area (Å²) in [6.45, 7) is 8.09. The summed E-state index contributed by atoms with van der Waals surface area (Å²) in [6.07, 6.45) is 0. The molecule has 5 heteroatoms. The molecule has 0 atom stereocenters. The third-order valence-corrected chi connectivity index (χ3v) is 8.78. The zero-order valence-corrected chi connectivity index (χ0v) is 15.1. The molecule has 0 radical (unpaired) electrons. The van der Waals surface area contributed by atoms with Gasteiger partial charge < -0.3 is 4.89 Å². The number of hydrogen-bond acceptors (Lipinski definition) is 3. The molecule has 1 N–H and O–H groups in total. The molecule has 0 saturated carbocycles. The molecule has 112 valence electrons. The quantitative estimate of drug-likeness (QED) is 0.704. The second kappa shape index (κ2) is 6.62. The standard InChI is InChI=1S/C16H19O2PS2/c1-11-5-7-15(9-13(11)3)20-19(17,18)21-16-8-6-12(2)14(4)10-16/h5-10H,1-4H3,(H,17,18). The minimum Gasteiger partial charge on any atom is -0.329 e. The van der Waals surface area contributed by atoms with Gasteiger partial charge in [-0.2, -0.15) is 0 Å². The second-order valence-electron chi connectivity index (χ2n) is 5.14. The first-order valence-electron chi connectivity index (χ1n) is 6.63. The summed E-state index contributed by atoms with van der Waals surface area (Å²) in [5, 5.41) is 0. The van der Waals surface area contributed by atoms with E-state index in [4.69, 9.17) is 0 Å². The van der Waals surface area contributed by atoms with Crippen LogP contribution in [0.15, 0.2) is 46.2 Å². The molecule has 21 heavy (non-hydrogen) atoms. The highest BCUT2D eigenvalue weighted by molar-refractivity contribution is 8.89. The molecule has 0 bridgehead atoms. The van der Waals surface area contributed by atoms with Crippen molar-refractivity contribution in [3.8, 4) is 0 Å². The van der Waals surface area contributed by atoms with E-state index in [0.717, 1.165) is 43.7 Å². The van der Waals surface area contributed by atoms with Crippen molar-refractivity contribution in [3.63, 3.8) is 0 Å². The van der Waals surface area contributed by atoms with Crippen molar-refractivity contribution in [2.24, 2.45) is 0 Å². The first kappa shape index (κ1) is 16.7. The lowest BCUT2D eigenvalue weighted by Crippen LogP contribution is -1.82. The Balaban J connectivity index is 2.15. The van der Waals surface area contributed by atoms with E-state index in [-0.39, 0.29) is 0 Å². The van der Waals surface area contributed by atoms with Crippen molar-refractivity contribution in [2.45, 2.75) is 37.5 Å². The molecule has 0 spiro atoms. The minimum atomic E-state index is -3.37. The fourth-order valence-corrected chi connectivity index (χ4v) is 7.39. The van der Waals surface area contributed by atoms with E-state index in [0.29, 0.717) is 0 Å². The van der Waals surface area contributed by atoms with Gasteiger partial charge in [-0.15, -0.1) is 0 Å². The van der Waals surface area contributed by atoms with Crippen molar-refractivity contribution in [2.75, 3.05) is 0 Å². The first-order chi connectivity index (χ1) is 9.77. The smallest absolute Gasteiger partial charge is 0.319 e. The summed E-state index contributed by atoms with van der Waals surface area (Å²) in [5.41, 5.74) is 4.65. The van der Waals surface area contributed by atoms with Gasteiger partial charge in [0.25, 0.3) is 0 Å². The van der Waals surface area contributed by atoms with Crippen molar-refractivity contribution >= 4 is 28.5 Å². The van der Waals surface area contributed by atoms with Crippen LogP contribution >= 0.6 is 28.5 Å². The molecule has 2 aromatic rings. The first-order valence-corrected chi connectivity index (χ1v) is 11.1. The third-order valence-electron chi connectivity index (χ3n) is 3.40. The van der Waals surface area contributed by atoms with Crippen molar-refractivity contribution < 1.29 is 9.46 Å². The Kier molecular flexibility index (Phi) is 5.26. The second-order valence-corrected chi connectivity index (χ2v) is 12.1. The van der Waals surface area contributed by atoms with Crippen LogP contribution in [0.2, 0.25) is 0 Å².